The Hall–Kier alpha value is -6.55. The van der Waals surface area contributed by atoms with Crippen LogP contribution in [0.15, 0.2) is 79.1 Å². The summed E-state index contributed by atoms with van der Waals surface area (Å²) in [5.74, 6) is 1.72. The van der Waals surface area contributed by atoms with E-state index in [9.17, 15) is 19.2 Å². The lowest BCUT2D eigenvalue weighted by Crippen LogP contribution is -2.52. The monoisotopic (exact) mass is 865 g/mol. The van der Waals surface area contributed by atoms with E-state index in [1.54, 1.807) is 4.90 Å². The van der Waals surface area contributed by atoms with Gasteiger partial charge in [0.05, 0.1) is 11.4 Å². The number of nitrogens with zero attached hydrogens (tertiary/aromatic N) is 9. The van der Waals surface area contributed by atoms with E-state index in [-0.39, 0.29) is 36.2 Å². The molecule has 16 heteroatoms. The van der Waals surface area contributed by atoms with E-state index in [1.165, 1.54) is 12.7 Å². The average Bonchev–Trinajstić information content (AvgIpc) is 3.88. The van der Waals surface area contributed by atoms with Crippen molar-refractivity contribution in [3.05, 3.63) is 90.3 Å². The number of piperazine rings is 1. The minimum Gasteiger partial charge on any atom is -0.457 e. The molecular weight excluding hydrogens is 811 g/mol. The number of nitrogens with one attached hydrogen (secondary N) is 1. The molecule has 0 saturated carbocycles. The van der Waals surface area contributed by atoms with Gasteiger partial charge < -0.3 is 30.1 Å². The summed E-state index contributed by atoms with van der Waals surface area (Å²) in [7, 11) is 0. The van der Waals surface area contributed by atoms with E-state index < -0.39 is 6.04 Å². The fourth-order valence-corrected chi connectivity index (χ4v) is 10.3. The van der Waals surface area contributed by atoms with Crippen molar-refractivity contribution in [1.82, 2.24) is 44.7 Å². The maximum Gasteiger partial charge on any atom is 0.320 e. The quantitative estimate of drug-likeness (QED) is 0.165. The van der Waals surface area contributed by atoms with Gasteiger partial charge in [0, 0.05) is 82.1 Å². The van der Waals surface area contributed by atoms with Crippen LogP contribution in [0.2, 0.25) is 0 Å². The van der Waals surface area contributed by atoms with Crippen LogP contribution in [-0.2, 0) is 16.1 Å². The molecule has 5 aromatic rings. The number of nitrogens with two attached hydrogens (primary N) is 1. The second-order valence-corrected chi connectivity index (χ2v) is 17.8. The highest BCUT2D eigenvalue weighted by atomic mass is 16.5. The molecule has 0 radical (unpaired) electrons. The van der Waals surface area contributed by atoms with Gasteiger partial charge in [-0.2, -0.15) is 5.10 Å². The van der Waals surface area contributed by atoms with Crippen molar-refractivity contribution in [2.24, 2.45) is 5.92 Å². The summed E-state index contributed by atoms with van der Waals surface area (Å²) in [6.45, 7) is 8.21. The van der Waals surface area contributed by atoms with Gasteiger partial charge in [0.2, 0.25) is 11.8 Å². The molecule has 0 aliphatic carbocycles. The first kappa shape index (κ1) is 41.5. The lowest BCUT2D eigenvalue weighted by Gasteiger charge is -2.39. The molecule has 4 fully saturated rings. The lowest BCUT2D eigenvalue weighted by atomic mass is 9.92. The summed E-state index contributed by atoms with van der Waals surface area (Å²) < 4.78 is 7.99. The zero-order valence-corrected chi connectivity index (χ0v) is 36.1. The van der Waals surface area contributed by atoms with Gasteiger partial charge in [-0.3, -0.25) is 24.6 Å². The van der Waals surface area contributed by atoms with Crippen molar-refractivity contribution in [3.63, 3.8) is 0 Å². The van der Waals surface area contributed by atoms with E-state index in [0.717, 1.165) is 117 Å². The number of amides is 5. The maximum absolute atomic E-state index is 13.7. The van der Waals surface area contributed by atoms with Crippen molar-refractivity contribution in [2.45, 2.75) is 70.0 Å². The second kappa shape index (κ2) is 17.9. The van der Waals surface area contributed by atoms with Crippen LogP contribution in [0, 0.1) is 5.92 Å². The zero-order valence-electron chi connectivity index (χ0n) is 36.1. The number of benzene rings is 3. The number of urea groups is 1. The van der Waals surface area contributed by atoms with Crippen molar-refractivity contribution >= 4 is 46.3 Å². The van der Waals surface area contributed by atoms with Gasteiger partial charge in [0.25, 0.3) is 5.91 Å². The van der Waals surface area contributed by atoms with Gasteiger partial charge in [0.15, 0.2) is 5.65 Å². The predicted octanol–water partition coefficient (Wildman–Crippen LogP) is 5.70. The lowest BCUT2D eigenvalue weighted by molar-refractivity contribution is -0.136. The molecule has 0 bridgehead atoms. The molecule has 332 valence electrons. The normalized spacial score (nSPS) is 20.2. The van der Waals surface area contributed by atoms with E-state index in [4.69, 9.17) is 15.6 Å². The Bertz CT molecular complexity index is 2520. The van der Waals surface area contributed by atoms with E-state index in [1.807, 2.05) is 76.3 Å². The Morgan fingerprint density at radius 2 is 1.52 bits per heavy atom. The van der Waals surface area contributed by atoms with Gasteiger partial charge in [0.1, 0.15) is 35.4 Å². The molecule has 3 aromatic carbocycles. The number of para-hydroxylation sites is 1. The number of carbonyl (C=O) groups is 4. The number of hydrogen-bond donors (Lipinski definition) is 2. The van der Waals surface area contributed by atoms with Crippen molar-refractivity contribution < 1.29 is 23.9 Å². The van der Waals surface area contributed by atoms with Gasteiger partial charge >= 0.3 is 6.03 Å². The number of nitrogen functional groups attached to an aromatic ring is 1. The summed E-state index contributed by atoms with van der Waals surface area (Å²) in [5, 5.41) is 8.19. The highest BCUT2D eigenvalue weighted by Crippen LogP contribution is 2.36. The largest absolute Gasteiger partial charge is 0.457 e. The molecule has 10 rings (SSSR count). The third kappa shape index (κ3) is 8.45. The van der Waals surface area contributed by atoms with Gasteiger partial charge in [-0.1, -0.05) is 18.2 Å². The molecular formula is C48H55N11O5. The molecule has 64 heavy (non-hydrogen) atoms. The van der Waals surface area contributed by atoms with Crippen LogP contribution in [0.25, 0.3) is 22.3 Å². The molecule has 16 nitrogen and oxygen atoms in total. The van der Waals surface area contributed by atoms with Crippen molar-refractivity contribution in [2.75, 3.05) is 69.5 Å². The number of rotatable bonds is 10. The van der Waals surface area contributed by atoms with Gasteiger partial charge in [-0.05, 0) is 118 Å². The third-order valence-corrected chi connectivity index (χ3v) is 13.9. The molecule has 5 aliphatic heterocycles. The Morgan fingerprint density at radius 3 is 2.25 bits per heavy atom. The van der Waals surface area contributed by atoms with Crippen LogP contribution >= 0.6 is 0 Å². The van der Waals surface area contributed by atoms with Gasteiger partial charge in [-0.25, -0.2) is 19.4 Å². The van der Waals surface area contributed by atoms with Crippen LogP contribution < -0.4 is 20.7 Å². The highest BCUT2D eigenvalue weighted by molar-refractivity contribution is 6.05. The number of fused-ring (bicyclic) bond motifs is 2. The number of carbonyl (C=O) groups excluding carboxylic acids is 4. The Kier molecular flexibility index (Phi) is 11.6. The van der Waals surface area contributed by atoms with Crippen molar-refractivity contribution in [3.8, 4) is 22.8 Å². The first-order valence-electron chi connectivity index (χ1n) is 22.9. The fraction of sp³-hybridized carbons (Fsp3) is 0.438. The molecule has 1 atom stereocenters. The average molecular weight is 866 g/mol. The minimum atomic E-state index is -0.601. The summed E-state index contributed by atoms with van der Waals surface area (Å²) in [6, 6.07) is 23.1. The van der Waals surface area contributed by atoms with E-state index in [0.29, 0.717) is 49.0 Å². The topological polar surface area (TPSA) is 175 Å². The molecule has 2 aromatic heterocycles. The zero-order chi connectivity index (χ0) is 43.7. The van der Waals surface area contributed by atoms with Crippen LogP contribution in [-0.4, -0.2) is 128 Å². The molecule has 3 N–H and O–H groups in total. The van der Waals surface area contributed by atoms with Crippen LogP contribution in [0.5, 0.6) is 11.5 Å². The SMILES string of the molecule is Nc1ncnc2c1c(-c1ccc(Oc3ccccc3)cc1)nn2C1CCN(C(=O)N2CCC(CCCN3CCN(c4ccc5c(c4)CN(C4CCC(=O)NC4=O)C5=O)CC3)CC2)CC1. The Labute approximate surface area is 372 Å². The summed E-state index contributed by atoms with van der Waals surface area (Å²) >= 11 is 0. The number of anilines is 2. The van der Waals surface area contributed by atoms with Crippen LogP contribution in [0.3, 0.4) is 0 Å². The maximum atomic E-state index is 13.7. The Morgan fingerprint density at radius 1 is 0.797 bits per heavy atom. The fourth-order valence-electron chi connectivity index (χ4n) is 10.3. The third-order valence-electron chi connectivity index (χ3n) is 13.9. The van der Waals surface area contributed by atoms with Crippen LogP contribution in [0.4, 0.5) is 16.3 Å². The highest BCUT2D eigenvalue weighted by Gasteiger charge is 2.39. The second-order valence-electron chi connectivity index (χ2n) is 17.8. The summed E-state index contributed by atoms with van der Waals surface area (Å²) in [5.41, 5.74) is 11.5. The van der Waals surface area contributed by atoms with E-state index in [2.05, 4.69) is 36.1 Å². The van der Waals surface area contributed by atoms with Crippen molar-refractivity contribution in [1.29, 1.82) is 0 Å². The molecule has 5 aliphatic rings. The molecule has 1 unspecified atom stereocenters. The number of piperidine rings is 3. The number of likely N-dealkylation sites (tertiary alicyclic amines) is 2. The molecule has 7 heterocycles. The molecule has 5 amide bonds. The predicted molar refractivity (Wildman–Crippen MR) is 242 cm³/mol. The number of hydrogen-bond acceptors (Lipinski definition) is 11. The summed E-state index contributed by atoms with van der Waals surface area (Å²) in [4.78, 5) is 70.5. The number of ether oxygens (including phenoxy) is 1. The molecule has 0 spiro atoms. The number of aromatic nitrogens is 4. The smallest absolute Gasteiger partial charge is 0.320 e. The van der Waals surface area contributed by atoms with E-state index >= 15 is 0 Å². The standard InChI is InChI=1S/C48H55N11O5/c49-44-42-43(33-8-11-38(12-9-33)64-37-6-2-1-3-7-37)53-59(45(42)51-31-50-44)35-18-23-57(24-19-35)48(63)56-21-16-32(17-22-56)5-4-20-54-25-27-55(28-26-54)36-10-13-39-34(29-36)30-58(47(39)62)40-14-15-41(60)52-46(40)61/h1-3,6-13,29,31-32,35,40H,4-5,14-28,30H2,(H2,49,50,51)(H,52,60,61). The first-order valence-corrected chi connectivity index (χ1v) is 22.9. The minimum absolute atomic E-state index is 0.0786. The Balaban J connectivity index is 0.659. The molecule has 4 saturated heterocycles. The van der Waals surface area contributed by atoms with Crippen LogP contribution in [0.1, 0.15) is 73.3 Å². The summed E-state index contributed by atoms with van der Waals surface area (Å²) in [6.07, 6.45) is 8.08. The number of imide groups is 1. The van der Waals surface area contributed by atoms with Gasteiger partial charge in [-0.15, -0.1) is 0 Å². The first-order chi connectivity index (χ1) is 31.3.